The number of ether oxygens (including phenoxy) is 1. The van der Waals surface area contributed by atoms with Gasteiger partial charge >= 0.3 is 6.47 Å². The Bertz CT molecular complexity index is 370. The van der Waals surface area contributed by atoms with E-state index in [-0.39, 0.29) is 5.95 Å². The molecule has 60 valence electrons. The molecule has 0 saturated carbocycles. The lowest BCUT2D eigenvalue weighted by Gasteiger charge is -1.85. The van der Waals surface area contributed by atoms with Gasteiger partial charge < -0.3 is 9.15 Å². The maximum atomic E-state index is 9.97. The number of hydrogen-bond donors (Lipinski definition) is 0. The van der Waals surface area contributed by atoms with Gasteiger partial charge in [0.15, 0.2) is 0 Å². The first-order valence-electron chi connectivity index (χ1n) is 3.49. The van der Waals surface area contributed by atoms with Gasteiger partial charge in [-0.1, -0.05) is 18.2 Å². The Morgan fingerprint density at radius 1 is 1.33 bits per heavy atom. The summed E-state index contributed by atoms with van der Waals surface area (Å²) in [5, 5.41) is 0.925. The van der Waals surface area contributed by atoms with Crippen molar-refractivity contribution in [2.75, 3.05) is 0 Å². The maximum absolute atomic E-state index is 9.97. The molecule has 0 fully saturated rings. The van der Waals surface area contributed by atoms with E-state index in [1.54, 1.807) is 6.07 Å². The van der Waals surface area contributed by atoms with Crippen molar-refractivity contribution in [2.45, 2.75) is 0 Å². The normalized spacial score (nSPS) is 10.0. The molecule has 0 N–H and O–H groups in total. The van der Waals surface area contributed by atoms with Crippen molar-refractivity contribution in [3.05, 3.63) is 30.3 Å². The standard InChI is InChI=1S/C9H6O3/c10-6-11-9-5-7-3-1-2-4-8(7)12-9/h1-6H. The zero-order chi connectivity index (χ0) is 8.39. The Kier molecular flexibility index (Phi) is 1.55. The lowest BCUT2D eigenvalue weighted by atomic mass is 10.3. The number of carbonyl (C=O) groups excluding carboxylic acids is 1. The molecule has 0 atom stereocenters. The Hall–Kier alpha value is -1.77. The van der Waals surface area contributed by atoms with Crippen molar-refractivity contribution in [3.8, 4) is 5.95 Å². The molecule has 0 bridgehead atoms. The van der Waals surface area contributed by atoms with Crippen LogP contribution in [0, 0.1) is 0 Å². The second kappa shape index (κ2) is 2.70. The van der Waals surface area contributed by atoms with Crippen molar-refractivity contribution >= 4 is 17.4 Å². The van der Waals surface area contributed by atoms with Crippen LogP contribution in [-0.2, 0) is 4.79 Å². The van der Waals surface area contributed by atoms with Crippen LogP contribution >= 0.6 is 0 Å². The van der Waals surface area contributed by atoms with Crippen molar-refractivity contribution < 1.29 is 13.9 Å². The molecule has 0 unspecified atom stereocenters. The SMILES string of the molecule is O=COc1cc2ccccc2o1. The summed E-state index contributed by atoms with van der Waals surface area (Å²) in [6.45, 7) is 0.345. The topological polar surface area (TPSA) is 39.4 Å². The van der Waals surface area contributed by atoms with Gasteiger partial charge in [0.2, 0.25) is 0 Å². The molecule has 0 radical (unpaired) electrons. The lowest BCUT2D eigenvalue weighted by Crippen LogP contribution is -1.83. The minimum atomic E-state index is 0.228. The van der Waals surface area contributed by atoms with E-state index in [4.69, 9.17) is 4.42 Å². The summed E-state index contributed by atoms with van der Waals surface area (Å²) in [6.07, 6.45) is 0. The second-order valence-electron chi connectivity index (χ2n) is 2.32. The smallest absolute Gasteiger partial charge is 0.300 e. The molecule has 1 aromatic carbocycles. The van der Waals surface area contributed by atoms with Crippen molar-refractivity contribution in [2.24, 2.45) is 0 Å². The van der Waals surface area contributed by atoms with E-state index < -0.39 is 0 Å². The minimum Gasteiger partial charge on any atom is -0.425 e. The van der Waals surface area contributed by atoms with Crippen LogP contribution in [0.25, 0.3) is 11.0 Å². The van der Waals surface area contributed by atoms with Gasteiger partial charge in [0.05, 0.1) is 0 Å². The third kappa shape index (κ3) is 1.05. The summed E-state index contributed by atoms with van der Waals surface area (Å²) in [5.74, 6) is 0.228. The highest BCUT2D eigenvalue weighted by Crippen LogP contribution is 2.23. The van der Waals surface area contributed by atoms with Crippen LogP contribution < -0.4 is 4.74 Å². The molecule has 2 rings (SSSR count). The van der Waals surface area contributed by atoms with E-state index in [1.165, 1.54) is 0 Å². The first kappa shape index (κ1) is 6.91. The van der Waals surface area contributed by atoms with Gasteiger partial charge in [-0.15, -0.1) is 0 Å². The zero-order valence-electron chi connectivity index (χ0n) is 6.19. The Labute approximate surface area is 68.5 Å². The van der Waals surface area contributed by atoms with Gasteiger partial charge in [-0.2, -0.15) is 0 Å². The number of para-hydroxylation sites is 1. The van der Waals surface area contributed by atoms with Crippen molar-refractivity contribution in [3.63, 3.8) is 0 Å². The van der Waals surface area contributed by atoms with E-state index in [0.717, 1.165) is 5.39 Å². The highest BCUT2D eigenvalue weighted by Gasteiger charge is 2.01. The van der Waals surface area contributed by atoms with Crippen LogP contribution in [0.1, 0.15) is 0 Å². The van der Waals surface area contributed by atoms with Crippen LogP contribution in [0.4, 0.5) is 0 Å². The molecule has 0 spiro atoms. The van der Waals surface area contributed by atoms with Crippen LogP contribution in [-0.4, -0.2) is 6.47 Å². The lowest BCUT2D eigenvalue weighted by molar-refractivity contribution is -0.121. The van der Waals surface area contributed by atoms with E-state index in [9.17, 15) is 4.79 Å². The van der Waals surface area contributed by atoms with Gasteiger partial charge in [0.1, 0.15) is 5.58 Å². The van der Waals surface area contributed by atoms with Crippen molar-refractivity contribution in [1.82, 2.24) is 0 Å². The molecule has 2 aromatic rings. The summed E-state index contributed by atoms with van der Waals surface area (Å²) < 4.78 is 9.70. The average Bonchev–Trinajstić information content (AvgIpc) is 2.47. The molecule has 0 amide bonds. The molecule has 3 nitrogen and oxygen atoms in total. The van der Waals surface area contributed by atoms with Crippen molar-refractivity contribution in [1.29, 1.82) is 0 Å². The van der Waals surface area contributed by atoms with Crippen LogP contribution in [0.15, 0.2) is 34.7 Å². The fourth-order valence-corrected chi connectivity index (χ4v) is 1.06. The van der Waals surface area contributed by atoms with E-state index >= 15 is 0 Å². The summed E-state index contributed by atoms with van der Waals surface area (Å²) in [6, 6.07) is 9.12. The van der Waals surface area contributed by atoms with Gasteiger partial charge in [0.25, 0.3) is 5.95 Å². The molecule has 0 aliphatic rings. The van der Waals surface area contributed by atoms with Crippen LogP contribution in [0.5, 0.6) is 5.95 Å². The zero-order valence-corrected chi connectivity index (χ0v) is 6.19. The summed E-state index contributed by atoms with van der Waals surface area (Å²) >= 11 is 0. The van der Waals surface area contributed by atoms with Gasteiger partial charge in [0, 0.05) is 11.5 Å². The number of hydrogen-bond acceptors (Lipinski definition) is 3. The number of furan rings is 1. The predicted molar refractivity (Wildman–Crippen MR) is 42.9 cm³/mol. The van der Waals surface area contributed by atoms with Gasteiger partial charge in [-0.05, 0) is 6.07 Å². The molecule has 12 heavy (non-hydrogen) atoms. The Morgan fingerprint density at radius 2 is 2.17 bits per heavy atom. The molecular weight excluding hydrogens is 156 g/mol. The average molecular weight is 162 g/mol. The van der Waals surface area contributed by atoms with Gasteiger partial charge in [-0.25, -0.2) is 0 Å². The predicted octanol–water partition coefficient (Wildman–Crippen LogP) is 1.97. The summed E-state index contributed by atoms with van der Waals surface area (Å²) in [7, 11) is 0. The third-order valence-corrected chi connectivity index (χ3v) is 1.57. The Morgan fingerprint density at radius 3 is 2.92 bits per heavy atom. The van der Waals surface area contributed by atoms with E-state index in [2.05, 4.69) is 4.74 Å². The fourth-order valence-electron chi connectivity index (χ4n) is 1.06. The third-order valence-electron chi connectivity index (χ3n) is 1.57. The maximum Gasteiger partial charge on any atom is 0.300 e. The Balaban J connectivity index is 2.54. The largest absolute Gasteiger partial charge is 0.425 e. The van der Waals surface area contributed by atoms with Crippen LogP contribution in [0.3, 0.4) is 0 Å². The summed E-state index contributed by atoms with van der Waals surface area (Å²) in [4.78, 5) is 9.97. The molecule has 3 heteroatoms. The quantitative estimate of drug-likeness (QED) is 0.633. The highest BCUT2D eigenvalue weighted by molar-refractivity contribution is 5.78. The molecule has 1 aromatic heterocycles. The molecule has 0 aliphatic carbocycles. The number of fused-ring (bicyclic) bond motifs is 1. The molecular formula is C9H6O3. The second-order valence-corrected chi connectivity index (χ2v) is 2.32. The van der Waals surface area contributed by atoms with E-state index in [0.29, 0.717) is 12.1 Å². The monoisotopic (exact) mass is 162 g/mol. The first-order chi connectivity index (χ1) is 5.90. The summed E-state index contributed by atoms with van der Waals surface area (Å²) in [5.41, 5.74) is 0.717. The van der Waals surface area contributed by atoms with Gasteiger partial charge in [-0.3, -0.25) is 4.79 Å². The first-order valence-corrected chi connectivity index (χ1v) is 3.49. The highest BCUT2D eigenvalue weighted by atomic mass is 16.6. The molecule has 0 saturated heterocycles. The number of carbonyl (C=O) groups is 1. The minimum absolute atomic E-state index is 0.228. The number of benzene rings is 1. The van der Waals surface area contributed by atoms with E-state index in [1.807, 2.05) is 24.3 Å². The fraction of sp³-hybridized carbons (Fsp3) is 0. The van der Waals surface area contributed by atoms with Crippen LogP contribution in [0.2, 0.25) is 0 Å². The molecule has 0 aliphatic heterocycles. The molecule has 1 heterocycles. The number of rotatable bonds is 2.